The molecule has 4 heteroatoms. The van der Waals surface area contributed by atoms with E-state index in [0.717, 1.165) is 44.5 Å². The van der Waals surface area contributed by atoms with E-state index < -0.39 is 0 Å². The van der Waals surface area contributed by atoms with Crippen LogP contribution in [0.15, 0.2) is 54.6 Å². The van der Waals surface area contributed by atoms with E-state index in [1.165, 1.54) is 11.1 Å². The van der Waals surface area contributed by atoms with Crippen molar-refractivity contribution >= 4 is 6.03 Å². The lowest BCUT2D eigenvalue weighted by molar-refractivity contribution is -0.169. The van der Waals surface area contributed by atoms with Crippen molar-refractivity contribution in [3.05, 3.63) is 60.2 Å². The Bertz CT molecular complexity index is 743. The van der Waals surface area contributed by atoms with Gasteiger partial charge in [0.05, 0.1) is 18.2 Å². The summed E-state index contributed by atoms with van der Waals surface area (Å²) in [6, 6.07) is 18.8. The summed E-state index contributed by atoms with van der Waals surface area (Å²) >= 11 is 0. The molecule has 4 nitrogen and oxygen atoms in total. The van der Waals surface area contributed by atoms with E-state index >= 15 is 0 Å². The number of ether oxygens (including phenoxy) is 1. The number of benzene rings is 2. The van der Waals surface area contributed by atoms with Crippen LogP contribution in [0.2, 0.25) is 0 Å². The van der Waals surface area contributed by atoms with Crippen LogP contribution in [0.25, 0.3) is 11.1 Å². The number of piperidine rings is 1. The van der Waals surface area contributed by atoms with Crippen LogP contribution in [0.3, 0.4) is 0 Å². The predicted octanol–water partition coefficient (Wildman–Crippen LogP) is 4.38. The van der Waals surface area contributed by atoms with Crippen LogP contribution in [0.5, 0.6) is 0 Å². The monoisotopic (exact) mass is 350 g/mol. The molecule has 4 rings (SSSR count). The van der Waals surface area contributed by atoms with Crippen molar-refractivity contribution in [1.82, 2.24) is 10.2 Å². The molecule has 2 aliphatic heterocycles. The zero-order valence-corrected chi connectivity index (χ0v) is 15.3. The van der Waals surface area contributed by atoms with Crippen molar-refractivity contribution in [2.75, 3.05) is 19.7 Å². The van der Waals surface area contributed by atoms with Crippen LogP contribution in [0, 0.1) is 0 Å². The van der Waals surface area contributed by atoms with Crippen LogP contribution >= 0.6 is 0 Å². The van der Waals surface area contributed by atoms with Gasteiger partial charge in [0.25, 0.3) is 0 Å². The topological polar surface area (TPSA) is 41.6 Å². The molecule has 136 valence electrons. The normalized spacial score (nSPS) is 19.7. The van der Waals surface area contributed by atoms with Gasteiger partial charge in [-0.25, -0.2) is 4.79 Å². The largest absolute Gasteiger partial charge is 0.375 e. The molecule has 2 amide bonds. The number of likely N-dealkylation sites (tertiary alicyclic amines) is 1. The minimum atomic E-state index is -0.0110. The first-order valence-electron chi connectivity index (χ1n) is 9.50. The van der Waals surface area contributed by atoms with Crippen molar-refractivity contribution in [3.8, 4) is 11.1 Å². The molecule has 2 saturated heterocycles. The highest BCUT2D eigenvalue weighted by Gasteiger charge is 2.42. The minimum absolute atomic E-state index is 0.0110. The first-order chi connectivity index (χ1) is 12.7. The molecule has 26 heavy (non-hydrogen) atoms. The molecule has 0 radical (unpaired) electrons. The summed E-state index contributed by atoms with van der Waals surface area (Å²) in [5.74, 6) is 0. The summed E-state index contributed by atoms with van der Waals surface area (Å²) in [6.07, 6.45) is 3.06. The zero-order chi connectivity index (χ0) is 18.0. The Labute approximate surface area is 155 Å². The van der Waals surface area contributed by atoms with E-state index in [1.807, 2.05) is 30.0 Å². The number of rotatable bonds is 3. The van der Waals surface area contributed by atoms with Crippen LogP contribution in [0.1, 0.15) is 37.8 Å². The van der Waals surface area contributed by atoms with Gasteiger partial charge in [-0.3, -0.25) is 0 Å². The van der Waals surface area contributed by atoms with Gasteiger partial charge in [-0.15, -0.1) is 0 Å². The zero-order valence-electron chi connectivity index (χ0n) is 15.3. The number of hydrogen-bond donors (Lipinski definition) is 1. The molecule has 2 aliphatic rings. The Kier molecular flexibility index (Phi) is 4.68. The van der Waals surface area contributed by atoms with Gasteiger partial charge < -0.3 is 15.0 Å². The number of nitrogens with one attached hydrogen (secondary N) is 1. The van der Waals surface area contributed by atoms with E-state index in [4.69, 9.17) is 4.74 Å². The van der Waals surface area contributed by atoms with Crippen molar-refractivity contribution in [3.63, 3.8) is 0 Å². The molecule has 0 bridgehead atoms. The summed E-state index contributed by atoms with van der Waals surface area (Å²) in [4.78, 5) is 14.5. The summed E-state index contributed by atoms with van der Waals surface area (Å²) in [5.41, 5.74) is 3.59. The van der Waals surface area contributed by atoms with Crippen molar-refractivity contribution in [1.29, 1.82) is 0 Å². The number of nitrogens with zero attached hydrogens (tertiary/aromatic N) is 1. The lowest BCUT2D eigenvalue weighted by Crippen LogP contribution is -2.55. The second-order valence-electron chi connectivity index (χ2n) is 7.43. The van der Waals surface area contributed by atoms with Gasteiger partial charge in [0.1, 0.15) is 0 Å². The molecule has 2 heterocycles. The SMILES string of the molecule is C[C@@H](NC(=O)N1CCC2(CCO2)CC1)c1ccc(-c2ccccc2)cc1. The van der Waals surface area contributed by atoms with Crippen molar-refractivity contribution in [2.24, 2.45) is 0 Å². The highest BCUT2D eigenvalue weighted by Crippen LogP contribution is 2.36. The van der Waals surface area contributed by atoms with Gasteiger partial charge in [0, 0.05) is 13.1 Å². The maximum absolute atomic E-state index is 12.6. The van der Waals surface area contributed by atoms with Gasteiger partial charge in [-0.2, -0.15) is 0 Å². The van der Waals surface area contributed by atoms with Gasteiger partial charge in [-0.05, 0) is 42.9 Å². The van der Waals surface area contributed by atoms with Crippen molar-refractivity contribution in [2.45, 2.75) is 37.8 Å². The minimum Gasteiger partial charge on any atom is -0.375 e. The molecule has 2 aromatic rings. The Balaban J connectivity index is 1.34. The smallest absolute Gasteiger partial charge is 0.317 e. The standard InChI is InChI=1S/C22H26N2O2/c1-17(18-7-9-20(10-8-18)19-5-3-2-4-6-19)23-21(25)24-14-11-22(12-15-24)13-16-26-22/h2-10,17H,11-16H2,1H3,(H,23,25)/t17-/m1/s1. The molecule has 2 aromatic carbocycles. The van der Waals surface area contributed by atoms with Crippen LogP contribution in [0.4, 0.5) is 4.79 Å². The first kappa shape index (κ1) is 17.1. The Morgan fingerprint density at radius 2 is 1.62 bits per heavy atom. The van der Waals surface area contributed by atoms with E-state index in [0.29, 0.717) is 0 Å². The maximum atomic E-state index is 12.6. The summed E-state index contributed by atoms with van der Waals surface area (Å²) in [6.45, 7) is 4.48. The molecule has 1 atom stereocenters. The van der Waals surface area contributed by atoms with Gasteiger partial charge in [0.2, 0.25) is 0 Å². The fourth-order valence-corrected chi connectivity index (χ4v) is 3.86. The van der Waals surface area contributed by atoms with E-state index in [2.05, 4.69) is 41.7 Å². The molecule has 0 aliphatic carbocycles. The van der Waals surface area contributed by atoms with Crippen LogP contribution < -0.4 is 5.32 Å². The third-order valence-electron chi connectivity index (χ3n) is 5.79. The van der Waals surface area contributed by atoms with Gasteiger partial charge >= 0.3 is 6.03 Å². The number of carbonyl (C=O) groups excluding carboxylic acids is 1. The fraction of sp³-hybridized carbons (Fsp3) is 0.409. The lowest BCUT2D eigenvalue weighted by atomic mass is 9.84. The van der Waals surface area contributed by atoms with Gasteiger partial charge in [0.15, 0.2) is 0 Å². The fourth-order valence-electron chi connectivity index (χ4n) is 3.86. The van der Waals surface area contributed by atoms with Gasteiger partial charge in [-0.1, -0.05) is 54.6 Å². The molecular formula is C22H26N2O2. The maximum Gasteiger partial charge on any atom is 0.317 e. The Morgan fingerprint density at radius 3 is 2.19 bits per heavy atom. The average molecular weight is 350 g/mol. The second kappa shape index (κ2) is 7.12. The van der Waals surface area contributed by atoms with Crippen LogP contribution in [-0.2, 0) is 4.74 Å². The molecule has 0 aromatic heterocycles. The van der Waals surface area contributed by atoms with E-state index in [1.54, 1.807) is 0 Å². The quantitative estimate of drug-likeness (QED) is 0.892. The third-order valence-corrected chi connectivity index (χ3v) is 5.79. The molecule has 0 unspecified atom stereocenters. The Hall–Kier alpha value is -2.33. The van der Waals surface area contributed by atoms with Crippen molar-refractivity contribution < 1.29 is 9.53 Å². The predicted molar refractivity (Wildman–Crippen MR) is 103 cm³/mol. The number of carbonyl (C=O) groups is 1. The molecular weight excluding hydrogens is 324 g/mol. The molecule has 1 spiro atoms. The number of hydrogen-bond acceptors (Lipinski definition) is 2. The summed E-state index contributed by atoms with van der Waals surface area (Å²) in [7, 11) is 0. The number of amides is 2. The molecule has 2 fully saturated rings. The summed E-state index contributed by atoms with van der Waals surface area (Å²) < 4.78 is 5.73. The molecule has 1 N–H and O–H groups in total. The van der Waals surface area contributed by atoms with E-state index in [9.17, 15) is 4.79 Å². The molecule has 0 saturated carbocycles. The number of urea groups is 1. The lowest BCUT2D eigenvalue weighted by Gasteiger charge is -2.47. The first-order valence-corrected chi connectivity index (χ1v) is 9.50. The summed E-state index contributed by atoms with van der Waals surface area (Å²) in [5, 5.41) is 3.13. The van der Waals surface area contributed by atoms with E-state index in [-0.39, 0.29) is 17.7 Å². The highest BCUT2D eigenvalue weighted by atomic mass is 16.5. The highest BCUT2D eigenvalue weighted by molar-refractivity contribution is 5.75. The van der Waals surface area contributed by atoms with Crippen LogP contribution in [-0.4, -0.2) is 36.2 Å². The third kappa shape index (κ3) is 3.47. The second-order valence-corrected chi connectivity index (χ2v) is 7.43. The Morgan fingerprint density at radius 1 is 1.00 bits per heavy atom. The average Bonchev–Trinajstić information content (AvgIpc) is 2.67.